The largest absolute Gasteiger partial charge is 0.366 e. The van der Waals surface area contributed by atoms with Gasteiger partial charge in [0.15, 0.2) is 9.84 Å². The van der Waals surface area contributed by atoms with Crippen molar-refractivity contribution < 1.29 is 13.2 Å². The van der Waals surface area contributed by atoms with Crippen LogP contribution in [-0.2, 0) is 21.6 Å². The number of rotatable bonds is 3. The van der Waals surface area contributed by atoms with Gasteiger partial charge in [-0.2, -0.15) is 4.80 Å². The standard InChI is InChI=1S/C12H16N6O3S/c1-17-15-12(14-16-17)10-8-18(5-6-21-10)11-4-3-9(7-13-11)22(2,19)20/h3-4,7,10H,5-6,8H2,1-2H3. The molecule has 2 aromatic rings. The first-order valence-electron chi connectivity index (χ1n) is 6.70. The Bertz CT molecular complexity index is 757. The van der Waals surface area contributed by atoms with Crippen LogP contribution in [0.3, 0.4) is 0 Å². The van der Waals surface area contributed by atoms with Gasteiger partial charge in [-0.25, -0.2) is 13.4 Å². The zero-order valence-corrected chi connectivity index (χ0v) is 13.1. The van der Waals surface area contributed by atoms with E-state index in [0.717, 1.165) is 6.26 Å². The molecule has 1 aliphatic heterocycles. The van der Waals surface area contributed by atoms with Crippen LogP contribution in [-0.4, -0.2) is 59.6 Å². The van der Waals surface area contributed by atoms with Crippen LogP contribution in [0.25, 0.3) is 0 Å². The Morgan fingerprint density at radius 1 is 1.36 bits per heavy atom. The normalized spacial score (nSPS) is 19.4. The Labute approximate surface area is 127 Å². The van der Waals surface area contributed by atoms with Crippen molar-refractivity contribution >= 4 is 15.7 Å². The van der Waals surface area contributed by atoms with Crippen molar-refractivity contribution in [2.24, 2.45) is 7.05 Å². The van der Waals surface area contributed by atoms with Crippen molar-refractivity contribution in [3.8, 4) is 0 Å². The van der Waals surface area contributed by atoms with Gasteiger partial charge in [0.25, 0.3) is 0 Å². The summed E-state index contributed by atoms with van der Waals surface area (Å²) in [5.41, 5.74) is 0. The predicted octanol–water partition coefficient (Wildman–Crippen LogP) is -0.413. The van der Waals surface area contributed by atoms with Gasteiger partial charge in [0, 0.05) is 19.0 Å². The fourth-order valence-electron chi connectivity index (χ4n) is 2.22. The summed E-state index contributed by atoms with van der Waals surface area (Å²) in [6.07, 6.45) is 2.25. The second kappa shape index (κ2) is 5.61. The maximum absolute atomic E-state index is 11.5. The van der Waals surface area contributed by atoms with Crippen LogP contribution in [0.5, 0.6) is 0 Å². The summed E-state index contributed by atoms with van der Waals surface area (Å²) in [7, 11) is -1.54. The average Bonchev–Trinajstić information content (AvgIpc) is 2.93. The number of nitrogens with zero attached hydrogens (tertiary/aromatic N) is 6. The highest BCUT2D eigenvalue weighted by molar-refractivity contribution is 7.90. The van der Waals surface area contributed by atoms with Gasteiger partial charge in [0.1, 0.15) is 11.9 Å². The van der Waals surface area contributed by atoms with Crippen LogP contribution < -0.4 is 4.90 Å². The molecular formula is C12H16N6O3S. The Morgan fingerprint density at radius 2 is 2.18 bits per heavy atom. The lowest BCUT2D eigenvalue weighted by atomic mass is 10.2. The molecule has 0 saturated carbocycles. The summed E-state index contributed by atoms with van der Waals surface area (Å²) in [6, 6.07) is 3.26. The first-order valence-corrected chi connectivity index (χ1v) is 8.59. The maximum atomic E-state index is 11.5. The Hall–Kier alpha value is -2.07. The first-order chi connectivity index (χ1) is 10.4. The Kier molecular flexibility index (Phi) is 3.79. The molecule has 9 nitrogen and oxygen atoms in total. The van der Waals surface area contributed by atoms with Gasteiger partial charge in [-0.15, -0.1) is 10.2 Å². The Balaban J connectivity index is 1.77. The van der Waals surface area contributed by atoms with Crippen LogP contribution >= 0.6 is 0 Å². The minimum atomic E-state index is -3.24. The summed E-state index contributed by atoms with van der Waals surface area (Å²) in [5, 5.41) is 11.9. The maximum Gasteiger partial charge on any atom is 0.205 e. The van der Waals surface area contributed by atoms with Gasteiger partial charge < -0.3 is 9.64 Å². The van der Waals surface area contributed by atoms with Crippen LogP contribution in [0.2, 0.25) is 0 Å². The van der Waals surface area contributed by atoms with Gasteiger partial charge in [0.2, 0.25) is 5.82 Å². The highest BCUT2D eigenvalue weighted by atomic mass is 32.2. The zero-order valence-electron chi connectivity index (χ0n) is 12.2. The van der Waals surface area contributed by atoms with Crippen molar-refractivity contribution in [1.29, 1.82) is 0 Å². The van der Waals surface area contributed by atoms with E-state index in [9.17, 15) is 8.42 Å². The molecule has 2 aromatic heterocycles. The Morgan fingerprint density at radius 3 is 2.77 bits per heavy atom. The van der Waals surface area contributed by atoms with Gasteiger partial charge in [0.05, 0.1) is 25.1 Å². The van der Waals surface area contributed by atoms with E-state index in [1.165, 1.54) is 11.0 Å². The molecule has 0 aliphatic carbocycles. The lowest BCUT2D eigenvalue weighted by Gasteiger charge is -2.32. The summed E-state index contributed by atoms with van der Waals surface area (Å²) in [5.74, 6) is 1.23. The van der Waals surface area contributed by atoms with Crippen molar-refractivity contribution in [3.63, 3.8) is 0 Å². The smallest absolute Gasteiger partial charge is 0.205 e. The van der Waals surface area contributed by atoms with E-state index in [1.54, 1.807) is 19.2 Å². The molecule has 1 fully saturated rings. The van der Waals surface area contributed by atoms with Gasteiger partial charge in [-0.1, -0.05) is 0 Å². The molecule has 3 heterocycles. The van der Waals surface area contributed by atoms with Gasteiger partial charge in [-0.05, 0) is 17.3 Å². The summed E-state index contributed by atoms with van der Waals surface area (Å²) in [4.78, 5) is 7.83. The number of aryl methyl sites for hydroxylation is 1. The minimum absolute atomic E-state index is 0.205. The molecule has 1 aliphatic rings. The van der Waals surface area contributed by atoms with Crippen molar-refractivity contribution in [2.75, 3.05) is 30.9 Å². The first kappa shape index (κ1) is 14.9. The monoisotopic (exact) mass is 324 g/mol. The molecule has 3 rings (SSSR count). The zero-order chi connectivity index (χ0) is 15.7. The second-order valence-corrected chi connectivity index (χ2v) is 7.08. The second-order valence-electron chi connectivity index (χ2n) is 5.07. The van der Waals surface area contributed by atoms with Crippen molar-refractivity contribution in [3.05, 3.63) is 24.2 Å². The molecule has 22 heavy (non-hydrogen) atoms. The fraction of sp³-hybridized carbons (Fsp3) is 0.500. The topological polar surface area (TPSA) is 103 Å². The lowest BCUT2D eigenvalue weighted by molar-refractivity contribution is 0.0336. The summed E-state index contributed by atoms with van der Waals surface area (Å²) >= 11 is 0. The average molecular weight is 324 g/mol. The van der Waals surface area contributed by atoms with E-state index in [4.69, 9.17) is 4.74 Å². The SMILES string of the molecule is Cn1nnc(C2CN(c3ccc(S(C)(=O)=O)cn3)CCO2)n1. The van der Waals surface area contributed by atoms with E-state index >= 15 is 0 Å². The van der Waals surface area contributed by atoms with E-state index in [0.29, 0.717) is 31.3 Å². The molecule has 0 amide bonds. The quantitative estimate of drug-likeness (QED) is 0.750. The molecule has 0 aromatic carbocycles. The fourth-order valence-corrected chi connectivity index (χ4v) is 2.78. The molecule has 10 heteroatoms. The molecule has 1 unspecified atom stereocenters. The number of hydrogen-bond acceptors (Lipinski definition) is 8. The number of hydrogen-bond donors (Lipinski definition) is 0. The third kappa shape index (κ3) is 3.07. The van der Waals surface area contributed by atoms with E-state index in [-0.39, 0.29) is 11.0 Å². The van der Waals surface area contributed by atoms with Gasteiger partial charge in [-0.3, -0.25) is 0 Å². The van der Waals surface area contributed by atoms with Crippen LogP contribution in [0, 0.1) is 0 Å². The molecule has 0 bridgehead atoms. The third-order valence-electron chi connectivity index (χ3n) is 3.35. The minimum Gasteiger partial charge on any atom is -0.366 e. The highest BCUT2D eigenvalue weighted by Gasteiger charge is 2.26. The third-order valence-corrected chi connectivity index (χ3v) is 4.45. The number of sulfone groups is 1. The highest BCUT2D eigenvalue weighted by Crippen LogP contribution is 2.23. The number of tetrazole rings is 1. The summed E-state index contributed by atoms with van der Waals surface area (Å²) in [6.45, 7) is 1.72. The molecule has 0 N–H and O–H groups in total. The molecule has 0 spiro atoms. The van der Waals surface area contributed by atoms with Crippen LogP contribution in [0.15, 0.2) is 23.2 Å². The van der Waals surface area contributed by atoms with Crippen LogP contribution in [0.1, 0.15) is 11.9 Å². The lowest BCUT2D eigenvalue weighted by Crippen LogP contribution is -2.39. The number of pyridine rings is 1. The molecule has 1 saturated heterocycles. The van der Waals surface area contributed by atoms with E-state index in [1.807, 2.05) is 4.90 Å². The molecule has 118 valence electrons. The molecular weight excluding hydrogens is 308 g/mol. The van der Waals surface area contributed by atoms with Crippen molar-refractivity contribution in [1.82, 2.24) is 25.2 Å². The number of aromatic nitrogens is 5. The van der Waals surface area contributed by atoms with E-state index < -0.39 is 9.84 Å². The number of ether oxygens (including phenoxy) is 1. The van der Waals surface area contributed by atoms with Crippen molar-refractivity contribution in [2.45, 2.75) is 11.0 Å². The van der Waals surface area contributed by atoms with E-state index in [2.05, 4.69) is 20.4 Å². The van der Waals surface area contributed by atoms with Gasteiger partial charge >= 0.3 is 0 Å². The number of morpholine rings is 1. The summed E-state index contributed by atoms with van der Waals surface area (Å²) < 4.78 is 28.6. The molecule has 0 radical (unpaired) electrons. The molecule has 1 atom stereocenters. The number of anilines is 1. The van der Waals surface area contributed by atoms with Crippen LogP contribution in [0.4, 0.5) is 5.82 Å². The predicted molar refractivity (Wildman–Crippen MR) is 77.1 cm³/mol.